The van der Waals surface area contributed by atoms with Crippen molar-refractivity contribution >= 4 is 16.2 Å². The fourth-order valence-corrected chi connectivity index (χ4v) is 3.49. The molecular weight excluding hydrogens is 232 g/mol. The van der Waals surface area contributed by atoms with Crippen LogP contribution in [0.15, 0.2) is 0 Å². The Morgan fingerprint density at radius 1 is 1.38 bits per heavy atom. The highest BCUT2D eigenvalue weighted by Crippen LogP contribution is 2.16. The molecular formula is C9H18N2O4S. The Morgan fingerprint density at radius 2 is 1.94 bits per heavy atom. The van der Waals surface area contributed by atoms with Gasteiger partial charge in [-0.25, -0.2) is 0 Å². The summed E-state index contributed by atoms with van der Waals surface area (Å²) in [5, 5.41) is 8.69. The Kier molecular flexibility index (Phi) is 4.69. The zero-order valence-corrected chi connectivity index (χ0v) is 10.2. The fourth-order valence-electron chi connectivity index (χ4n) is 1.76. The summed E-state index contributed by atoms with van der Waals surface area (Å²) in [6, 6.07) is 0. The number of carboxylic acids is 1. The summed E-state index contributed by atoms with van der Waals surface area (Å²) in [4.78, 5) is 10.6. The minimum atomic E-state index is -3.57. The van der Waals surface area contributed by atoms with Gasteiger partial charge in [0.1, 0.15) is 6.54 Å². The third-order valence-electron chi connectivity index (χ3n) is 2.50. The van der Waals surface area contributed by atoms with Crippen LogP contribution in [0.2, 0.25) is 0 Å². The Bertz CT molecular complexity index is 335. The molecule has 0 spiro atoms. The van der Waals surface area contributed by atoms with E-state index in [9.17, 15) is 13.2 Å². The van der Waals surface area contributed by atoms with E-state index in [0.717, 1.165) is 17.1 Å². The lowest BCUT2D eigenvalue weighted by Gasteiger charge is -2.25. The van der Waals surface area contributed by atoms with Gasteiger partial charge in [-0.3, -0.25) is 4.79 Å². The second-order valence-electron chi connectivity index (χ2n) is 3.84. The van der Waals surface area contributed by atoms with Crippen LogP contribution in [0.25, 0.3) is 0 Å². The molecule has 1 fully saturated rings. The van der Waals surface area contributed by atoms with E-state index in [-0.39, 0.29) is 6.54 Å². The molecule has 0 unspecified atom stereocenters. The molecule has 0 saturated carbocycles. The molecule has 0 aliphatic carbocycles. The van der Waals surface area contributed by atoms with Crippen molar-refractivity contribution in [3.63, 3.8) is 0 Å². The standard InChI is InChI=1S/C9H18N2O4S/c1-2-5-11(8-9(12)13)16(14,15)10-6-3-4-7-10/h2-8H2,1H3,(H,12,13). The maximum atomic E-state index is 12.0. The van der Waals surface area contributed by atoms with Gasteiger partial charge in [-0.1, -0.05) is 6.92 Å². The molecule has 1 heterocycles. The highest BCUT2D eigenvalue weighted by molar-refractivity contribution is 7.86. The number of carboxylic acid groups (broad SMARTS) is 1. The van der Waals surface area contributed by atoms with Gasteiger partial charge < -0.3 is 5.11 Å². The summed E-state index contributed by atoms with van der Waals surface area (Å²) in [6.07, 6.45) is 2.32. The minimum absolute atomic E-state index is 0.255. The summed E-state index contributed by atoms with van der Waals surface area (Å²) >= 11 is 0. The molecule has 16 heavy (non-hydrogen) atoms. The highest BCUT2D eigenvalue weighted by Gasteiger charge is 2.32. The number of hydrogen-bond acceptors (Lipinski definition) is 3. The first-order chi connectivity index (χ1) is 7.48. The van der Waals surface area contributed by atoms with Crippen LogP contribution >= 0.6 is 0 Å². The van der Waals surface area contributed by atoms with Crippen LogP contribution < -0.4 is 0 Å². The van der Waals surface area contributed by atoms with Crippen molar-refractivity contribution in [2.45, 2.75) is 26.2 Å². The molecule has 0 atom stereocenters. The van der Waals surface area contributed by atoms with E-state index in [1.807, 2.05) is 6.92 Å². The van der Waals surface area contributed by atoms with Gasteiger partial charge in [0.25, 0.3) is 10.2 Å². The number of aliphatic carboxylic acids is 1. The van der Waals surface area contributed by atoms with Crippen molar-refractivity contribution in [3.05, 3.63) is 0 Å². The second kappa shape index (κ2) is 5.60. The predicted molar refractivity (Wildman–Crippen MR) is 59.2 cm³/mol. The summed E-state index contributed by atoms with van der Waals surface area (Å²) in [5.41, 5.74) is 0. The average molecular weight is 250 g/mol. The molecule has 0 aromatic heterocycles. The summed E-state index contributed by atoms with van der Waals surface area (Å²) < 4.78 is 26.5. The third kappa shape index (κ3) is 3.16. The lowest BCUT2D eigenvalue weighted by Crippen LogP contribution is -2.45. The normalized spacial score (nSPS) is 18.1. The molecule has 0 amide bonds. The van der Waals surface area contributed by atoms with Crippen LogP contribution in [0.1, 0.15) is 26.2 Å². The lowest BCUT2D eigenvalue weighted by molar-refractivity contribution is -0.137. The zero-order valence-electron chi connectivity index (χ0n) is 9.42. The van der Waals surface area contributed by atoms with E-state index in [1.54, 1.807) is 0 Å². The SMILES string of the molecule is CCCN(CC(=O)O)S(=O)(=O)N1CCCC1. The highest BCUT2D eigenvalue weighted by atomic mass is 32.2. The molecule has 94 valence electrons. The monoisotopic (exact) mass is 250 g/mol. The molecule has 1 aliphatic rings. The van der Waals surface area contributed by atoms with Gasteiger partial charge in [0, 0.05) is 19.6 Å². The van der Waals surface area contributed by atoms with Crippen molar-refractivity contribution < 1.29 is 18.3 Å². The van der Waals surface area contributed by atoms with Gasteiger partial charge in [0.15, 0.2) is 0 Å². The number of rotatable bonds is 6. The van der Waals surface area contributed by atoms with Gasteiger partial charge in [0.2, 0.25) is 0 Å². The topological polar surface area (TPSA) is 77.9 Å². The molecule has 1 aliphatic heterocycles. The van der Waals surface area contributed by atoms with Crippen LogP contribution in [-0.2, 0) is 15.0 Å². The molecule has 7 heteroatoms. The quantitative estimate of drug-likeness (QED) is 0.726. The Labute approximate surface area is 96.0 Å². The van der Waals surface area contributed by atoms with Gasteiger partial charge in [0.05, 0.1) is 0 Å². The van der Waals surface area contributed by atoms with Gasteiger partial charge in [-0.2, -0.15) is 17.0 Å². The van der Waals surface area contributed by atoms with Crippen molar-refractivity contribution in [2.75, 3.05) is 26.2 Å². The Morgan fingerprint density at radius 3 is 2.38 bits per heavy atom. The molecule has 0 aromatic rings. The van der Waals surface area contributed by atoms with Crippen molar-refractivity contribution in [1.29, 1.82) is 0 Å². The van der Waals surface area contributed by atoms with Crippen LogP contribution in [0.3, 0.4) is 0 Å². The molecule has 1 rings (SSSR count). The van der Waals surface area contributed by atoms with Crippen molar-refractivity contribution in [2.24, 2.45) is 0 Å². The lowest BCUT2D eigenvalue weighted by atomic mass is 10.4. The molecule has 1 N–H and O–H groups in total. The summed E-state index contributed by atoms with van der Waals surface area (Å²) in [6.45, 7) is 2.64. The predicted octanol–water partition coefficient (Wildman–Crippen LogP) is 0.124. The van der Waals surface area contributed by atoms with Crippen molar-refractivity contribution in [3.8, 4) is 0 Å². The van der Waals surface area contributed by atoms with Crippen molar-refractivity contribution in [1.82, 2.24) is 8.61 Å². The van der Waals surface area contributed by atoms with E-state index >= 15 is 0 Å². The molecule has 0 aromatic carbocycles. The number of nitrogens with zero attached hydrogens (tertiary/aromatic N) is 2. The van der Waals surface area contributed by atoms with E-state index in [0.29, 0.717) is 19.5 Å². The summed E-state index contributed by atoms with van der Waals surface area (Å²) in [7, 11) is -3.57. The van der Waals surface area contributed by atoms with E-state index in [2.05, 4.69) is 0 Å². The van der Waals surface area contributed by atoms with Gasteiger partial charge in [-0.15, -0.1) is 0 Å². The van der Waals surface area contributed by atoms with Crippen LogP contribution in [0.5, 0.6) is 0 Å². The minimum Gasteiger partial charge on any atom is -0.480 e. The Hall–Kier alpha value is -0.660. The number of hydrogen-bond donors (Lipinski definition) is 1. The molecule has 6 nitrogen and oxygen atoms in total. The molecule has 0 bridgehead atoms. The van der Waals surface area contributed by atoms with E-state index < -0.39 is 22.7 Å². The second-order valence-corrected chi connectivity index (χ2v) is 5.77. The smallest absolute Gasteiger partial charge is 0.318 e. The Balaban J connectivity index is 2.78. The van der Waals surface area contributed by atoms with Crippen LogP contribution in [0, 0.1) is 0 Å². The fraction of sp³-hybridized carbons (Fsp3) is 0.889. The van der Waals surface area contributed by atoms with Crippen LogP contribution in [0.4, 0.5) is 0 Å². The average Bonchev–Trinajstić information content (AvgIpc) is 2.69. The van der Waals surface area contributed by atoms with E-state index in [1.165, 1.54) is 4.31 Å². The van der Waals surface area contributed by atoms with Gasteiger partial charge in [-0.05, 0) is 19.3 Å². The molecule has 0 radical (unpaired) electrons. The maximum Gasteiger partial charge on any atom is 0.318 e. The maximum absolute atomic E-state index is 12.0. The largest absolute Gasteiger partial charge is 0.480 e. The zero-order chi connectivity index (χ0) is 12.2. The summed E-state index contributed by atoms with van der Waals surface area (Å²) in [5.74, 6) is -1.11. The third-order valence-corrected chi connectivity index (χ3v) is 4.48. The first kappa shape index (κ1) is 13.4. The van der Waals surface area contributed by atoms with E-state index in [4.69, 9.17) is 5.11 Å². The van der Waals surface area contributed by atoms with Gasteiger partial charge >= 0.3 is 5.97 Å². The van der Waals surface area contributed by atoms with Crippen LogP contribution in [-0.4, -0.2) is 54.3 Å². The first-order valence-corrected chi connectivity index (χ1v) is 6.85. The molecule has 1 saturated heterocycles. The first-order valence-electron chi connectivity index (χ1n) is 5.45. The number of carbonyl (C=O) groups is 1.